The van der Waals surface area contributed by atoms with Gasteiger partial charge in [0.05, 0.1) is 19.4 Å². The van der Waals surface area contributed by atoms with Crippen LogP contribution >= 0.6 is 11.6 Å². The second-order valence-corrected chi connectivity index (χ2v) is 5.37. The molecule has 0 aliphatic heterocycles. The van der Waals surface area contributed by atoms with E-state index in [1.54, 1.807) is 38.3 Å². The molecule has 0 spiro atoms. The monoisotopic (exact) mass is 350 g/mol. The molecule has 1 aromatic heterocycles. The summed E-state index contributed by atoms with van der Waals surface area (Å²) < 4.78 is 10.2. The number of rotatable bonds is 7. The lowest BCUT2D eigenvalue weighted by atomic mass is 10.2. The minimum atomic E-state index is -0.379. The number of anilines is 2. The van der Waals surface area contributed by atoms with Crippen LogP contribution in [0.15, 0.2) is 24.3 Å². The molecule has 0 aliphatic rings. The molecule has 128 valence electrons. The van der Waals surface area contributed by atoms with Crippen molar-refractivity contribution in [3.8, 4) is 5.75 Å². The largest absolute Gasteiger partial charge is 0.495 e. The number of carbonyl (C=O) groups is 1. The Kier molecular flexibility index (Phi) is 6.34. The van der Waals surface area contributed by atoms with Gasteiger partial charge in [-0.2, -0.15) is 0 Å². The highest BCUT2D eigenvalue weighted by Gasteiger charge is 2.13. The molecule has 0 atom stereocenters. The Labute approximate surface area is 145 Å². The molecule has 1 amide bonds. The molecule has 0 unspecified atom stereocenters. The van der Waals surface area contributed by atoms with Crippen LogP contribution in [0, 0.1) is 6.92 Å². The smallest absolute Gasteiger partial charge is 0.274 e. The number of carbonyl (C=O) groups excluding carboxylic acids is 1. The second-order valence-electron chi connectivity index (χ2n) is 4.94. The summed E-state index contributed by atoms with van der Waals surface area (Å²) in [6.45, 7) is 2.85. The Hall–Kier alpha value is -2.38. The van der Waals surface area contributed by atoms with Crippen molar-refractivity contribution in [1.29, 1.82) is 0 Å². The Morgan fingerprint density at radius 2 is 2.04 bits per heavy atom. The number of ether oxygens (including phenoxy) is 2. The number of nitrogens with one attached hydrogen (secondary N) is 2. The molecule has 1 aromatic carbocycles. The Balaban J connectivity index is 2.19. The summed E-state index contributed by atoms with van der Waals surface area (Å²) in [6.07, 6.45) is 0. The molecule has 7 nitrogen and oxygen atoms in total. The molecule has 1 heterocycles. The molecular weight excluding hydrogens is 332 g/mol. The zero-order valence-electron chi connectivity index (χ0n) is 13.7. The fourth-order valence-electron chi connectivity index (χ4n) is 1.99. The number of amides is 1. The molecule has 0 saturated carbocycles. The minimum absolute atomic E-state index is 0.240. The first-order valence-electron chi connectivity index (χ1n) is 7.27. The summed E-state index contributed by atoms with van der Waals surface area (Å²) in [5.41, 5.74) is 1.39. The maximum atomic E-state index is 12.5. The molecular formula is C16H19ClN4O3. The van der Waals surface area contributed by atoms with Gasteiger partial charge < -0.3 is 20.1 Å². The zero-order chi connectivity index (χ0) is 17.5. The first-order chi connectivity index (χ1) is 11.5. The van der Waals surface area contributed by atoms with Crippen molar-refractivity contribution in [2.24, 2.45) is 0 Å². The molecule has 0 fully saturated rings. The van der Waals surface area contributed by atoms with E-state index < -0.39 is 0 Å². The van der Waals surface area contributed by atoms with Gasteiger partial charge in [-0.05, 0) is 31.2 Å². The van der Waals surface area contributed by atoms with E-state index in [-0.39, 0.29) is 11.6 Å². The van der Waals surface area contributed by atoms with Crippen molar-refractivity contribution in [3.05, 3.63) is 40.7 Å². The first kappa shape index (κ1) is 18.0. The summed E-state index contributed by atoms with van der Waals surface area (Å²) >= 11 is 5.97. The van der Waals surface area contributed by atoms with E-state index in [0.717, 1.165) is 0 Å². The van der Waals surface area contributed by atoms with E-state index >= 15 is 0 Å². The average molecular weight is 351 g/mol. The van der Waals surface area contributed by atoms with Gasteiger partial charge in [-0.25, -0.2) is 9.97 Å². The van der Waals surface area contributed by atoms with Crippen molar-refractivity contribution < 1.29 is 14.3 Å². The van der Waals surface area contributed by atoms with Crippen LogP contribution in [0.3, 0.4) is 0 Å². The average Bonchev–Trinajstić information content (AvgIpc) is 2.55. The van der Waals surface area contributed by atoms with Crippen LogP contribution in [0.2, 0.25) is 5.02 Å². The van der Waals surface area contributed by atoms with Gasteiger partial charge in [0.1, 0.15) is 11.4 Å². The van der Waals surface area contributed by atoms with E-state index in [4.69, 9.17) is 21.1 Å². The number of halogens is 1. The second kappa shape index (κ2) is 8.47. The molecule has 0 radical (unpaired) electrons. The quantitative estimate of drug-likeness (QED) is 0.747. The number of benzene rings is 1. The van der Waals surface area contributed by atoms with E-state index in [2.05, 4.69) is 20.6 Å². The van der Waals surface area contributed by atoms with Crippen LogP contribution in [-0.4, -0.2) is 43.2 Å². The van der Waals surface area contributed by atoms with E-state index in [1.165, 1.54) is 7.11 Å². The Bertz CT molecular complexity index is 724. The Morgan fingerprint density at radius 1 is 1.25 bits per heavy atom. The maximum Gasteiger partial charge on any atom is 0.274 e. The number of hydrogen-bond donors (Lipinski definition) is 2. The van der Waals surface area contributed by atoms with Gasteiger partial charge in [0, 0.05) is 24.4 Å². The topological polar surface area (TPSA) is 85.4 Å². The number of aromatic nitrogens is 2. The van der Waals surface area contributed by atoms with Gasteiger partial charge in [-0.3, -0.25) is 4.79 Å². The number of methoxy groups -OCH3 is 2. The highest BCUT2D eigenvalue weighted by Crippen LogP contribution is 2.28. The van der Waals surface area contributed by atoms with Crippen LogP contribution in [0.1, 0.15) is 16.2 Å². The predicted molar refractivity (Wildman–Crippen MR) is 93.1 cm³/mol. The third-order valence-corrected chi connectivity index (χ3v) is 3.32. The van der Waals surface area contributed by atoms with Crippen LogP contribution in [0.4, 0.5) is 11.6 Å². The summed E-state index contributed by atoms with van der Waals surface area (Å²) in [7, 11) is 3.13. The summed E-state index contributed by atoms with van der Waals surface area (Å²) in [6, 6.07) is 6.58. The van der Waals surface area contributed by atoms with Crippen molar-refractivity contribution in [3.63, 3.8) is 0 Å². The Morgan fingerprint density at radius 3 is 2.75 bits per heavy atom. The van der Waals surface area contributed by atoms with Crippen molar-refractivity contribution in [1.82, 2.24) is 9.97 Å². The van der Waals surface area contributed by atoms with Gasteiger partial charge in [0.25, 0.3) is 5.91 Å². The van der Waals surface area contributed by atoms with E-state index in [1.807, 2.05) is 0 Å². The SMILES string of the molecule is COCCNc1nc(C)cc(C(=O)Nc2cc(Cl)ccc2OC)n1. The molecule has 24 heavy (non-hydrogen) atoms. The van der Waals surface area contributed by atoms with Crippen LogP contribution in [-0.2, 0) is 4.74 Å². The van der Waals surface area contributed by atoms with Crippen molar-refractivity contribution in [2.75, 3.05) is 38.0 Å². The van der Waals surface area contributed by atoms with Gasteiger partial charge in [0.15, 0.2) is 0 Å². The number of aryl methyl sites for hydroxylation is 1. The van der Waals surface area contributed by atoms with Crippen LogP contribution in [0.25, 0.3) is 0 Å². The van der Waals surface area contributed by atoms with Gasteiger partial charge >= 0.3 is 0 Å². The van der Waals surface area contributed by atoms with Crippen LogP contribution < -0.4 is 15.4 Å². The fourth-order valence-corrected chi connectivity index (χ4v) is 2.17. The third kappa shape index (κ3) is 4.81. The van der Waals surface area contributed by atoms with Crippen molar-refractivity contribution >= 4 is 29.1 Å². The molecule has 0 aliphatic carbocycles. The van der Waals surface area contributed by atoms with Crippen LogP contribution in [0.5, 0.6) is 5.75 Å². The van der Waals surface area contributed by atoms with E-state index in [9.17, 15) is 4.79 Å². The fraction of sp³-hybridized carbons (Fsp3) is 0.312. The molecule has 2 aromatic rings. The summed E-state index contributed by atoms with van der Waals surface area (Å²) in [5, 5.41) is 6.25. The third-order valence-electron chi connectivity index (χ3n) is 3.09. The molecule has 0 saturated heterocycles. The van der Waals surface area contributed by atoms with Gasteiger partial charge in [0.2, 0.25) is 5.95 Å². The number of nitrogens with zero attached hydrogens (tertiary/aromatic N) is 2. The first-order valence-corrected chi connectivity index (χ1v) is 7.64. The number of hydrogen-bond acceptors (Lipinski definition) is 6. The lowest BCUT2D eigenvalue weighted by Gasteiger charge is -2.11. The molecule has 2 rings (SSSR count). The van der Waals surface area contributed by atoms with Gasteiger partial charge in [-0.15, -0.1) is 0 Å². The van der Waals surface area contributed by atoms with Gasteiger partial charge in [-0.1, -0.05) is 11.6 Å². The highest BCUT2D eigenvalue weighted by molar-refractivity contribution is 6.31. The normalized spacial score (nSPS) is 10.3. The lowest BCUT2D eigenvalue weighted by Crippen LogP contribution is -2.17. The standard InChI is InChI=1S/C16H19ClN4O3/c1-10-8-13(21-16(19-10)18-6-7-23-2)15(22)20-12-9-11(17)4-5-14(12)24-3/h4-5,8-9H,6-7H2,1-3H3,(H,20,22)(H,18,19,21). The summed E-state index contributed by atoms with van der Waals surface area (Å²) in [4.78, 5) is 20.9. The zero-order valence-corrected chi connectivity index (χ0v) is 14.5. The molecule has 8 heteroatoms. The molecule has 0 bridgehead atoms. The molecule has 2 N–H and O–H groups in total. The summed E-state index contributed by atoms with van der Waals surface area (Å²) in [5.74, 6) is 0.503. The predicted octanol–water partition coefficient (Wildman–Crippen LogP) is 2.76. The van der Waals surface area contributed by atoms with E-state index in [0.29, 0.717) is 41.3 Å². The maximum absolute atomic E-state index is 12.5. The minimum Gasteiger partial charge on any atom is -0.495 e. The highest BCUT2D eigenvalue weighted by atomic mass is 35.5. The lowest BCUT2D eigenvalue weighted by molar-refractivity contribution is 0.102. The van der Waals surface area contributed by atoms with Crippen molar-refractivity contribution in [2.45, 2.75) is 6.92 Å².